The summed E-state index contributed by atoms with van der Waals surface area (Å²) in [6.07, 6.45) is 12.0. The molecule has 3 aromatic rings. The topological polar surface area (TPSA) is 115 Å². The molecule has 0 saturated heterocycles. The summed E-state index contributed by atoms with van der Waals surface area (Å²) in [6.45, 7) is 11.7. The van der Waals surface area contributed by atoms with E-state index in [0.717, 1.165) is 55.9 Å². The summed E-state index contributed by atoms with van der Waals surface area (Å²) in [7, 11) is -0.530. The number of rotatable bonds is 12. The van der Waals surface area contributed by atoms with E-state index in [1.165, 1.54) is 35.5 Å². The number of carbonyl (C=O) groups excluding carboxylic acids is 2. The van der Waals surface area contributed by atoms with Crippen LogP contribution in [0.3, 0.4) is 0 Å². The molecule has 1 N–H and O–H groups in total. The van der Waals surface area contributed by atoms with Crippen molar-refractivity contribution < 1.29 is 23.3 Å². The molecule has 3 aliphatic rings. The molecule has 2 aliphatic carbocycles. The molecule has 0 bridgehead atoms. The molecular formula is C39H48ClN5O5S. The molecule has 0 radical (unpaired) electrons. The molecule has 2 aromatic carbocycles. The molecule has 6 rings (SSSR count). The van der Waals surface area contributed by atoms with Gasteiger partial charge in [-0.1, -0.05) is 36.7 Å². The van der Waals surface area contributed by atoms with E-state index in [1.54, 1.807) is 19.2 Å². The first-order valence-corrected chi connectivity index (χ1v) is 19.7. The fourth-order valence-electron chi connectivity index (χ4n) is 7.93. The minimum Gasteiger partial charge on any atom is -0.490 e. The van der Waals surface area contributed by atoms with Gasteiger partial charge in [-0.25, -0.2) is 4.21 Å². The number of ether oxygens (including phenoxy) is 2. The summed E-state index contributed by atoms with van der Waals surface area (Å²) in [5.74, 6) is 0.226. The lowest BCUT2D eigenvalue weighted by Gasteiger charge is -2.44. The standard InChI is InChI=1S/C39H48ClN5O5S/c1-6-9-26(3)23-51(48,43-37(47)32-22-44(4)41-38(32)49-5)42-36(46)29-14-17-35-34(20-29)45(21-30-13-12-27(30)10-7-2)24-39(25-50-35)18-8-11-28-19-31(40)15-16-33(28)39/h6-7,14-17,19-20,22,26-27,30H,1-2,8-13,18,21,23-25H2,3-5H3,(H,42,43,46,47,48)/t26-,27+,30-,39-,51-/m0/s1. The van der Waals surface area contributed by atoms with Gasteiger partial charge in [0.25, 0.3) is 11.8 Å². The third-order valence-corrected chi connectivity index (χ3v) is 12.8. The average molecular weight is 734 g/mol. The van der Waals surface area contributed by atoms with E-state index in [9.17, 15) is 13.8 Å². The van der Waals surface area contributed by atoms with E-state index in [0.29, 0.717) is 30.6 Å². The van der Waals surface area contributed by atoms with Gasteiger partial charge in [-0.15, -0.1) is 22.6 Å². The van der Waals surface area contributed by atoms with Crippen molar-refractivity contribution in [3.63, 3.8) is 0 Å². The molecule has 272 valence electrons. The largest absolute Gasteiger partial charge is 0.490 e. The van der Waals surface area contributed by atoms with Crippen molar-refractivity contribution in [2.45, 2.75) is 57.3 Å². The molecule has 1 saturated carbocycles. The number of aromatic nitrogens is 2. The Hall–Kier alpha value is -4.09. The van der Waals surface area contributed by atoms with Crippen LogP contribution in [-0.2, 0) is 28.8 Å². The lowest BCUT2D eigenvalue weighted by molar-refractivity contribution is 0.0979. The van der Waals surface area contributed by atoms with Gasteiger partial charge in [-0.3, -0.25) is 19.0 Å². The second-order valence-corrected chi connectivity index (χ2v) is 16.8. The van der Waals surface area contributed by atoms with Crippen molar-refractivity contribution in [1.82, 2.24) is 14.5 Å². The van der Waals surface area contributed by atoms with Gasteiger partial charge in [0.15, 0.2) is 0 Å². The first-order valence-electron chi connectivity index (χ1n) is 17.7. The van der Waals surface area contributed by atoms with Crippen LogP contribution >= 0.6 is 11.6 Å². The van der Waals surface area contributed by atoms with Crippen molar-refractivity contribution in [1.29, 1.82) is 0 Å². The van der Waals surface area contributed by atoms with E-state index in [1.807, 2.05) is 31.2 Å². The maximum Gasteiger partial charge on any atom is 0.286 e. The second kappa shape index (κ2) is 15.3. The zero-order chi connectivity index (χ0) is 36.3. The number of hydrogen-bond donors (Lipinski definition) is 1. The van der Waals surface area contributed by atoms with Gasteiger partial charge >= 0.3 is 0 Å². The summed E-state index contributed by atoms with van der Waals surface area (Å²) < 4.78 is 34.5. The Bertz CT molecular complexity index is 1950. The van der Waals surface area contributed by atoms with E-state index in [-0.39, 0.29) is 34.1 Å². The number of aryl methyl sites for hydroxylation is 2. The van der Waals surface area contributed by atoms with Crippen LogP contribution in [-0.4, -0.2) is 58.4 Å². The predicted octanol–water partition coefficient (Wildman–Crippen LogP) is 7.32. The Balaban J connectivity index is 1.36. The first kappa shape index (κ1) is 36.7. The first-order chi connectivity index (χ1) is 24.5. The van der Waals surface area contributed by atoms with E-state index in [4.69, 9.17) is 21.1 Å². The van der Waals surface area contributed by atoms with Gasteiger partial charge in [0, 0.05) is 42.3 Å². The number of anilines is 1. The molecule has 1 aliphatic heterocycles. The zero-order valence-electron chi connectivity index (χ0n) is 29.7. The molecule has 10 nitrogen and oxygen atoms in total. The van der Waals surface area contributed by atoms with Gasteiger partial charge in [0.2, 0.25) is 5.88 Å². The summed E-state index contributed by atoms with van der Waals surface area (Å²) in [5.41, 5.74) is 3.45. The lowest BCUT2D eigenvalue weighted by Crippen LogP contribution is -2.48. The third-order valence-electron chi connectivity index (χ3n) is 10.6. The molecule has 1 spiro atoms. The number of carbonyl (C=O) groups is 2. The van der Waals surface area contributed by atoms with Crippen LogP contribution in [0.25, 0.3) is 0 Å². The number of hydrogen-bond acceptors (Lipinski definition) is 7. The van der Waals surface area contributed by atoms with Gasteiger partial charge < -0.3 is 14.4 Å². The fraction of sp³-hybridized carbons (Fsp3) is 0.462. The van der Waals surface area contributed by atoms with Crippen LogP contribution in [0.2, 0.25) is 5.02 Å². The average Bonchev–Trinajstić information content (AvgIpc) is 3.40. The number of allylic oxidation sites excluding steroid dienone is 2. The highest BCUT2D eigenvalue weighted by Crippen LogP contribution is 2.46. The van der Waals surface area contributed by atoms with Gasteiger partial charge in [-0.05, 0) is 104 Å². The Morgan fingerprint density at radius 1 is 1.22 bits per heavy atom. The monoisotopic (exact) mass is 733 g/mol. The molecule has 5 atom stereocenters. The Labute approximate surface area is 306 Å². The predicted molar refractivity (Wildman–Crippen MR) is 202 cm³/mol. The molecule has 1 aromatic heterocycles. The molecule has 2 heterocycles. The molecule has 2 amide bonds. The van der Waals surface area contributed by atoms with Gasteiger partial charge in [0.05, 0.1) is 25.2 Å². The number of benzene rings is 2. The zero-order valence-corrected chi connectivity index (χ0v) is 31.3. The van der Waals surface area contributed by atoms with Crippen LogP contribution in [0.15, 0.2) is 72.3 Å². The minimum absolute atomic E-state index is 0.0441. The van der Waals surface area contributed by atoms with Crippen LogP contribution in [0.5, 0.6) is 11.6 Å². The third kappa shape index (κ3) is 7.89. The normalized spacial score (nSPS) is 22.5. The molecule has 0 unspecified atom stereocenters. The highest BCUT2D eigenvalue weighted by molar-refractivity contribution is 7.92. The smallest absolute Gasteiger partial charge is 0.286 e. The van der Waals surface area contributed by atoms with Crippen LogP contribution in [0.4, 0.5) is 5.69 Å². The highest BCUT2D eigenvalue weighted by atomic mass is 35.5. The fourth-order valence-corrected chi connectivity index (χ4v) is 10.0. The number of methoxy groups -OCH3 is 1. The molecule has 12 heteroatoms. The summed E-state index contributed by atoms with van der Waals surface area (Å²) >= 11 is 6.44. The Kier molecular flexibility index (Phi) is 11.0. The van der Waals surface area contributed by atoms with E-state index < -0.39 is 21.7 Å². The number of halogens is 1. The molecular weight excluding hydrogens is 686 g/mol. The van der Waals surface area contributed by atoms with Crippen LogP contribution in [0, 0.1) is 17.8 Å². The van der Waals surface area contributed by atoms with Crippen molar-refractivity contribution in [3.05, 3.63) is 95.2 Å². The maximum absolute atomic E-state index is 14.4. The highest BCUT2D eigenvalue weighted by Gasteiger charge is 2.43. The Morgan fingerprint density at radius 2 is 2.02 bits per heavy atom. The van der Waals surface area contributed by atoms with Crippen molar-refractivity contribution >= 4 is 39.0 Å². The van der Waals surface area contributed by atoms with Crippen LogP contribution < -0.4 is 19.1 Å². The summed E-state index contributed by atoms with van der Waals surface area (Å²) in [5, 5.41) is 4.87. The van der Waals surface area contributed by atoms with Crippen molar-refractivity contribution in [2.24, 2.45) is 29.2 Å². The van der Waals surface area contributed by atoms with Gasteiger partial charge in [-0.2, -0.15) is 0 Å². The Morgan fingerprint density at radius 3 is 2.75 bits per heavy atom. The van der Waals surface area contributed by atoms with Crippen LogP contribution in [0.1, 0.15) is 77.3 Å². The number of fused-ring (bicyclic) bond motifs is 3. The number of nitrogens with zero attached hydrogens (tertiary/aromatic N) is 4. The minimum atomic E-state index is -3.58. The maximum atomic E-state index is 14.4. The van der Waals surface area contributed by atoms with E-state index >= 15 is 0 Å². The lowest BCUT2D eigenvalue weighted by atomic mass is 9.69. The van der Waals surface area contributed by atoms with Crippen molar-refractivity contribution in [3.8, 4) is 11.6 Å². The number of amides is 2. The van der Waals surface area contributed by atoms with E-state index in [2.05, 4.69) is 44.4 Å². The summed E-state index contributed by atoms with van der Waals surface area (Å²) in [4.78, 5) is 29.8. The second-order valence-electron chi connectivity index (χ2n) is 14.4. The summed E-state index contributed by atoms with van der Waals surface area (Å²) in [6, 6.07) is 11.5. The molecule has 51 heavy (non-hydrogen) atoms. The number of nitrogens with one attached hydrogen (secondary N) is 1. The van der Waals surface area contributed by atoms with Crippen molar-refractivity contribution in [2.75, 3.05) is 37.5 Å². The molecule has 1 fully saturated rings. The SMILES string of the molecule is C=CC[C@H](C)C[S@](=O)(=NC(=O)c1ccc2c(c1)N(C[C@@H]1CC[C@H]1CC=C)C[C@@]1(CCCc3cc(Cl)ccc31)CO2)NC(=O)c1cn(C)nc1OC. The quantitative estimate of drug-likeness (QED) is 0.194. The van der Waals surface area contributed by atoms with Gasteiger partial charge in [0.1, 0.15) is 21.2 Å².